The molecule has 6 atom stereocenters. The third kappa shape index (κ3) is 7.31. The highest BCUT2D eigenvalue weighted by Crippen LogP contribution is 2.32. The molecule has 41 heavy (non-hydrogen) atoms. The molecule has 2 unspecified atom stereocenters. The fraction of sp³-hybridized carbons (Fsp3) is 0.643. The van der Waals surface area contributed by atoms with E-state index in [2.05, 4.69) is 16.4 Å². The predicted octanol–water partition coefficient (Wildman–Crippen LogP) is 1.38. The first kappa shape index (κ1) is 31.8. The van der Waals surface area contributed by atoms with Crippen molar-refractivity contribution in [3.05, 3.63) is 35.0 Å². The quantitative estimate of drug-likeness (QED) is 0.435. The van der Waals surface area contributed by atoms with E-state index < -0.39 is 42.0 Å². The molecule has 13 heteroatoms. The molecular weight excluding hydrogens is 532 g/mol. The topological polar surface area (TPSA) is 200 Å². The maximum absolute atomic E-state index is 12.8. The number of hydrogen-bond acceptors (Lipinski definition) is 10. The minimum Gasteiger partial charge on any atom is -0.391 e. The van der Waals surface area contributed by atoms with Crippen LogP contribution in [0, 0.1) is 37.0 Å². The first-order valence-electron chi connectivity index (χ1n) is 13.8. The van der Waals surface area contributed by atoms with Crippen molar-refractivity contribution in [2.45, 2.75) is 90.5 Å². The van der Waals surface area contributed by atoms with Crippen molar-refractivity contribution < 1.29 is 33.6 Å². The molecule has 0 saturated carbocycles. The number of aryl methyl sites for hydroxylation is 2. The van der Waals surface area contributed by atoms with Gasteiger partial charge < -0.3 is 34.8 Å². The van der Waals surface area contributed by atoms with Gasteiger partial charge >= 0.3 is 0 Å². The van der Waals surface area contributed by atoms with Crippen molar-refractivity contribution in [2.75, 3.05) is 13.1 Å². The van der Waals surface area contributed by atoms with E-state index in [1.54, 1.807) is 26.0 Å². The Balaban J connectivity index is 0.000000226. The lowest BCUT2D eigenvalue weighted by molar-refractivity contribution is -0.140. The van der Waals surface area contributed by atoms with E-state index in [0.29, 0.717) is 23.6 Å². The lowest BCUT2D eigenvalue weighted by atomic mass is 9.91. The summed E-state index contributed by atoms with van der Waals surface area (Å²) in [7, 11) is 0. The predicted molar refractivity (Wildman–Crippen MR) is 145 cm³/mol. The van der Waals surface area contributed by atoms with Crippen LogP contribution in [0.2, 0.25) is 0 Å². The third-order valence-electron chi connectivity index (χ3n) is 7.37. The van der Waals surface area contributed by atoms with E-state index in [0.717, 1.165) is 5.69 Å². The van der Waals surface area contributed by atoms with Crippen LogP contribution in [-0.2, 0) is 14.4 Å². The van der Waals surface area contributed by atoms with Gasteiger partial charge in [0.2, 0.25) is 17.7 Å². The van der Waals surface area contributed by atoms with Crippen LogP contribution in [0.15, 0.2) is 21.2 Å². The normalized spacial score (nSPS) is 23.7. The lowest BCUT2D eigenvalue weighted by Gasteiger charge is -2.27. The summed E-state index contributed by atoms with van der Waals surface area (Å²) in [6.45, 7) is 11.5. The number of amides is 3. The van der Waals surface area contributed by atoms with Crippen LogP contribution in [0.5, 0.6) is 0 Å². The Morgan fingerprint density at radius 3 is 1.73 bits per heavy atom. The number of nitrogens with two attached hydrogens (primary N) is 1. The SMILES string of the molecule is Cc1cc(C(C(=O)N2C[C@H](O)C[C@H]2C#N)C(C)C)on1.Cc1cc(C(C(=O)N2C[C@H](O)C[C@H]2C(N)=O)C(C)C)on1. The van der Waals surface area contributed by atoms with Gasteiger partial charge in [0, 0.05) is 38.1 Å². The summed E-state index contributed by atoms with van der Waals surface area (Å²) in [5, 5.41) is 36.1. The minimum absolute atomic E-state index is 0.0203. The summed E-state index contributed by atoms with van der Waals surface area (Å²) in [5.41, 5.74) is 6.74. The highest BCUT2D eigenvalue weighted by molar-refractivity contribution is 5.90. The smallest absolute Gasteiger partial charge is 0.240 e. The lowest BCUT2D eigenvalue weighted by Crippen LogP contribution is -2.46. The van der Waals surface area contributed by atoms with Crippen LogP contribution >= 0.6 is 0 Å². The van der Waals surface area contributed by atoms with Gasteiger partial charge in [-0.15, -0.1) is 0 Å². The number of hydrogen-bond donors (Lipinski definition) is 3. The number of aromatic nitrogens is 2. The maximum atomic E-state index is 12.8. The fourth-order valence-corrected chi connectivity index (χ4v) is 5.39. The number of carbonyl (C=O) groups excluding carboxylic acids is 3. The summed E-state index contributed by atoms with van der Waals surface area (Å²) in [6, 6.07) is 4.20. The Kier molecular flexibility index (Phi) is 10.3. The molecule has 4 N–H and O–H groups in total. The van der Waals surface area contributed by atoms with Crippen LogP contribution < -0.4 is 5.73 Å². The fourth-order valence-electron chi connectivity index (χ4n) is 5.39. The molecule has 13 nitrogen and oxygen atoms in total. The molecule has 2 fully saturated rings. The van der Waals surface area contributed by atoms with Crippen molar-refractivity contribution in [3.63, 3.8) is 0 Å². The van der Waals surface area contributed by atoms with Crippen molar-refractivity contribution in [1.29, 1.82) is 5.26 Å². The highest BCUT2D eigenvalue weighted by Gasteiger charge is 2.43. The molecule has 2 aromatic heterocycles. The molecule has 0 spiro atoms. The first-order chi connectivity index (χ1) is 19.2. The molecule has 0 aromatic carbocycles. The summed E-state index contributed by atoms with van der Waals surface area (Å²) in [4.78, 5) is 39.7. The van der Waals surface area contributed by atoms with Crippen molar-refractivity contribution >= 4 is 17.7 Å². The van der Waals surface area contributed by atoms with Gasteiger partial charge in [-0.05, 0) is 25.7 Å². The third-order valence-corrected chi connectivity index (χ3v) is 7.37. The van der Waals surface area contributed by atoms with Gasteiger partial charge in [-0.1, -0.05) is 38.0 Å². The van der Waals surface area contributed by atoms with Crippen LogP contribution in [-0.4, -0.2) is 85.4 Å². The average Bonchev–Trinajstić information content (AvgIpc) is 3.67. The van der Waals surface area contributed by atoms with Gasteiger partial charge in [-0.2, -0.15) is 5.26 Å². The number of nitrogens with zero attached hydrogens (tertiary/aromatic N) is 5. The second-order valence-corrected chi connectivity index (χ2v) is 11.5. The molecule has 0 radical (unpaired) electrons. The number of primary amides is 1. The number of carbonyl (C=O) groups is 3. The molecule has 0 bridgehead atoms. The monoisotopic (exact) mass is 572 g/mol. The van der Waals surface area contributed by atoms with Gasteiger partial charge in [-0.3, -0.25) is 14.4 Å². The zero-order valence-corrected chi connectivity index (χ0v) is 24.4. The molecule has 2 aromatic rings. The van der Waals surface area contributed by atoms with Crippen LogP contribution in [0.1, 0.15) is 75.3 Å². The number of aliphatic hydroxyl groups excluding tert-OH is 2. The largest absolute Gasteiger partial charge is 0.391 e. The standard InChI is InChI=1S/C14H21N3O4.C14H19N3O3/c1-7(2)12(11-4-8(3)16-21-11)14(20)17-6-9(18)5-10(17)13(15)19;1-8(2)13(12-4-9(3)16-20-12)14(19)17-7-11(18)5-10(17)6-15/h4,7,9-10,12,18H,5-6H2,1-3H3,(H2,15,19);4,8,10-11,13,18H,5,7H2,1-3H3/t9-,10+,12?;10-,11+,13?/m10/s1. The van der Waals surface area contributed by atoms with Gasteiger partial charge in [0.05, 0.1) is 29.7 Å². The number of rotatable bonds is 7. The van der Waals surface area contributed by atoms with Crippen molar-refractivity contribution in [2.24, 2.45) is 17.6 Å². The molecule has 2 aliphatic heterocycles. The number of likely N-dealkylation sites (tertiary alicyclic amines) is 2. The number of β-amino-alcohol motifs (C(OH)–C–C–N with tert-alkyl or cyclic N) is 2. The van der Waals surface area contributed by atoms with E-state index in [-0.39, 0.29) is 43.2 Å². The van der Waals surface area contributed by atoms with Crippen molar-refractivity contribution in [1.82, 2.24) is 20.1 Å². The Labute approximate surface area is 239 Å². The Morgan fingerprint density at radius 2 is 1.34 bits per heavy atom. The van der Waals surface area contributed by atoms with E-state index in [1.807, 2.05) is 27.7 Å². The van der Waals surface area contributed by atoms with Crippen LogP contribution in [0.4, 0.5) is 0 Å². The van der Waals surface area contributed by atoms with E-state index >= 15 is 0 Å². The summed E-state index contributed by atoms with van der Waals surface area (Å²) in [5.74, 6) is -1.09. The molecular formula is C28H40N6O7. The second-order valence-electron chi connectivity index (χ2n) is 11.5. The van der Waals surface area contributed by atoms with Gasteiger partial charge in [-0.25, -0.2) is 0 Å². The Bertz CT molecular complexity index is 1260. The van der Waals surface area contributed by atoms with Gasteiger partial charge in [0.25, 0.3) is 0 Å². The molecule has 4 rings (SSSR count). The Hall–Kier alpha value is -3.76. The highest BCUT2D eigenvalue weighted by atomic mass is 16.5. The molecule has 224 valence electrons. The second kappa shape index (κ2) is 13.3. The van der Waals surface area contributed by atoms with E-state index in [9.17, 15) is 24.6 Å². The molecule has 2 aliphatic rings. The summed E-state index contributed by atoms with van der Waals surface area (Å²) >= 11 is 0. The van der Waals surface area contributed by atoms with Gasteiger partial charge in [0.1, 0.15) is 35.4 Å². The first-order valence-corrected chi connectivity index (χ1v) is 13.8. The summed E-state index contributed by atoms with van der Waals surface area (Å²) in [6.07, 6.45) is -0.868. The number of aliphatic hydroxyl groups is 2. The van der Waals surface area contributed by atoms with Crippen molar-refractivity contribution in [3.8, 4) is 6.07 Å². The molecule has 0 aliphatic carbocycles. The maximum Gasteiger partial charge on any atom is 0.240 e. The zero-order valence-electron chi connectivity index (χ0n) is 24.4. The van der Waals surface area contributed by atoms with Crippen LogP contribution in [0.25, 0.3) is 0 Å². The summed E-state index contributed by atoms with van der Waals surface area (Å²) < 4.78 is 10.4. The van der Waals surface area contributed by atoms with E-state index in [1.165, 1.54) is 9.80 Å². The van der Waals surface area contributed by atoms with Crippen LogP contribution in [0.3, 0.4) is 0 Å². The molecule has 3 amide bonds. The Morgan fingerprint density at radius 1 is 0.902 bits per heavy atom. The van der Waals surface area contributed by atoms with Gasteiger partial charge in [0.15, 0.2) is 0 Å². The van der Waals surface area contributed by atoms with E-state index in [4.69, 9.17) is 20.0 Å². The molecule has 2 saturated heterocycles. The minimum atomic E-state index is -0.766. The zero-order chi connectivity index (χ0) is 30.6. The number of nitriles is 1. The average molecular weight is 573 g/mol. The molecule has 4 heterocycles.